The molecule has 1 aliphatic rings. The largest absolute Gasteiger partial charge is 0.623 e. The summed E-state index contributed by atoms with van der Waals surface area (Å²) in [6.45, 7) is 3.71. The molecule has 0 spiro atoms. The predicted molar refractivity (Wildman–Crippen MR) is 107 cm³/mol. The molecule has 0 bridgehead atoms. The molecule has 0 saturated heterocycles. The molecular weight excluding hydrogens is 360 g/mol. The van der Waals surface area contributed by atoms with Crippen molar-refractivity contribution < 1.29 is 13.2 Å². The summed E-state index contributed by atoms with van der Waals surface area (Å²) in [6.07, 6.45) is 3.18. The quantitative estimate of drug-likeness (QED) is 0.369. The van der Waals surface area contributed by atoms with E-state index in [-0.39, 0.29) is 4.90 Å². The lowest BCUT2D eigenvalue weighted by molar-refractivity contribution is -0.509. The van der Waals surface area contributed by atoms with E-state index in [0.29, 0.717) is 18.6 Å². The monoisotopic (exact) mass is 386 g/mol. The molecular formula is C21H26N2O3S. The third kappa shape index (κ3) is 4.57. The summed E-state index contributed by atoms with van der Waals surface area (Å²) in [5.74, 6) is 0. The predicted octanol–water partition coefficient (Wildman–Crippen LogP) is 3.60. The number of benzene rings is 2. The van der Waals surface area contributed by atoms with Crippen LogP contribution in [0, 0.1) is 12.1 Å². The molecule has 0 radical (unpaired) electrons. The highest BCUT2D eigenvalue weighted by atomic mass is 32.2. The Morgan fingerprint density at radius 3 is 2.33 bits per heavy atom. The molecule has 2 atom stereocenters. The van der Waals surface area contributed by atoms with Crippen LogP contribution in [0.4, 0.5) is 0 Å². The Balaban J connectivity index is 1.86. The van der Waals surface area contributed by atoms with Gasteiger partial charge in [-0.1, -0.05) is 42.3 Å². The number of hydrogen-bond donors (Lipinski definition) is 1. The molecule has 1 saturated carbocycles. The fourth-order valence-corrected chi connectivity index (χ4v) is 4.87. The standard InChI is InChI=1S/C21H26N2O3S/c1-16-12-14-19(15-13-16)27(25,26)22-20-10-6-7-11-21(20)23(24)17(2)18-8-4-3-5-9-18/h3-5,8-9,12-15,20-22H,6-7,10-11H2,1-2H3/b23-17-/t20-,21-/m1/s1. The first kappa shape index (κ1) is 19.6. The molecule has 0 aliphatic heterocycles. The van der Waals surface area contributed by atoms with Crippen molar-refractivity contribution in [2.75, 3.05) is 0 Å². The minimum atomic E-state index is -3.66. The number of sulfonamides is 1. The maximum atomic E-state index is 13.0. The van der Waals surface area contributed by atoms with Crippen molar-refractivity contribution in [2.45, 2.75) is 56.5 Å². The molecule has 3 rings (SSSR count). The van der Waals surface area contributed by atoms with Gasteiger partial charge in [0.2, 0.25) is 10.0 Å². The van der Waals surface area contributed by atoms with Crippen LogP contribution >= 0.6 is 0 Å². The molecule has 144 valence electrons. The highest BCUT2D eigenvalue weighted by molar-refractivity contribution is 7.89. The first-order valence-corrected chi connectivity index (χ1v) is 10.8. The number of aryl methyl sites for hydroxylation is 1. The summed E-state index contributed by atoms with van der Waals surface area (Å²) in [6, 6.07) is 15.4. The van der Waals surface area contributed by atoms with Crippen LogP contribution in [0.15, 0.2) is 59.5 Å². The lowest BCUT2D eigenvalue weighted by Crippen LogP contribution is -2.49. The van der Waals surface area contributed by atoms with E-state index in [2.05, 4.69) is 4.72 Å². The van der Waals surface area contributed by atoms with Gasteiger partial charge >= 0.3 is 0 Å². The zero-order valence-corrected chi connectivity index (χ0v) is 16.6. The van der Waals surface area contributed by atoms with E-state index >= 15 is 0 Å². The van der Waals surface area contributed by atoms with Gasteiger partial charge in [-0.15, -0.1) is 0 Å². The number of rotatable bonds is 5. The Morgan fingerprint density at radius 2 is 1.67 bits per heavy atom. The van der Waals surface area contributed by atoms with Gasteiger partial charge in [0.25, 0.3) is 0 Å². The van der Waals surface area contributed by atoms with Crippen molar-refractivity contribution in [1.29, 1.82) is 0 Å². The number of hydrogen-bond acceptors (Lipinski definition) is 3. The molecule has 27 heavy (non-hydrogen) atoms. The number of hydroxylamine groups is 1. The molecule has 1 aliphatic carbocycles. The minimum Gasteiger partial charge on any atom is -0.623 e. The fraction of sp³-hybridized carbons (Fsp3) is 0.381. The summed E-state index contributed by atoms with van der Waals surface area (Å²) in [5.41, 5.74) is 2.48. The minimum absolute atomic E-state index is 0.235. The van der Waals surface area contributed by atoms with Crippen molar-refractivity contribution in [2.24, 2.45) is 0 Å². The van der Waals surface area contributed by atoms with Crippen LogP contribution in [0.2, 0.25) is 0 Å². The lowest BCUT2D eigenvalue weighted by Gasteiger charge is -2.31. The van der Waals surface area contributed by atoms with E-state index in [1.54, 1.807) is 31.2 Å². The second-order valence-electron chi connectivity index (χ2n) is 7.17. The Morgan fingerprint density at radius 1 is 1.04 bits per heavy atom. The lowest BCUT2D eigenvalue weighted by atomic mass is 9.91. The molecule has 2 aromatic carbocycles. The van der Waals surface area contributed by atoms with E-state index in [1.165, 1.54) is 0 Å². The molecule has 1 fully saturated rings. The molecule has 0 aromatic heterocycles. The van der Waals surface area contributed by atoms with Gasteiger partial charge in [-0.3, -0.25) is 0 Å². The van der Waals surface area contributed by atoms with Gasteiger partial charge in [-0.05, 0) is 44.0 Å². The Labute approximate surface area is 161 Å². The second kappa shape index (κ2) is 8.23. The molecule has 0 heterocycles. The van der Waals surface area contributed by atoms with Crippen molar-refractivity contribution in [1.82, 2.24) is 4.72 Å². The van der Waals surface area contributed by atoms with Crippen molar-refractivity contribution in [3.05, 3.63) is 70.9 Å². The van der Waals surface area contributed by atoms with E-state index in [0.717, 1.165) is 28.7 Å². The van der Waals surface area contributed by atoms with Crippen molar-refractivity contribution >= 4 is 15.7 Å². The Kier molecular flexibility index (Phi) is 5.97. The van der Waals surface area contributed by atoms with Crippen molar-refractivity contribution in [3.8, 4) is 0 Å². The molecule has 6 heteroatoms. The third-order valence-electron chi connectivity index (χ3n) is 5.19. The smallest absolute Gasteiger partial charge is 0.241 e. The summed E-state index contributed by atoms with van der Waals surface area (Å²) in [5, 5.41) is 13.0. The average Bonchev–Trinajstić information content (AvgIpc) is 2.68. The SMILES string of the molecule is C/C(c1ccccc1)=[N+](/[O-])[C@@H]1CCCC[C@H]1NS(=O)(=O)c1ccc(C)cc1. The van der Waals surface area contributed by atoms with Gasteiger partial charge in [0.1, 0.15) is 0 Å². The van der Waals surface area contributed by atoms with E-state index in [1.807, 2.05) is 37.3 Å². The molecule has 0 unspecified atom stereocenters. The molecule has 5 nitrogen and oxygen atoms in total. The van der Waals surface area contributed by atoms with Crippen LogP contribution in [-0.2, 0) is 10.0 Å². The second-order valence-corrected chi connectivity index (χ2v) is 8.88. The van der Waals surface area contributed by atoms with E-state index < -0.39 is 22.1 Å². The van der Waals surface area contributed by atoms with E-state index in [9.17, 15) is 13.6 Å². The maximum Gasteiger partial charge on any atom is 0.241 e. The van der Waals surface area contributed by atoms with Gasteiger partial charge in [0.05, 0.1) is 10.9 Å². The molecule has 2 aromatic rings. The van der Waals surface area contributed by atoms with Gasteiger partial charge in [-0.2, -0.15) is 0 Å². The Hall–Kier alpha value is -2.18. The number of nitrogens with zero attached hydrogens (tertiary/aromatic N) is 1. The first-order valence-electron chi connectivity index (χ1n) is 9.33. The van der Waals surface area contributed by atoms with Crippen LogP contribution in [0.3, 0.4) is 0 Å². The summed E-state index contributed by atoms with van der Waals surface area (Å²) < 4.78 is 29.3. The average molecular weight is 387 g/mol. The van der Waals surface area contributed by atoms with Crippen molar-refractivity contribution in [3.63, 3.8) is 0 Å². The van der Waals surface area contributed by atoms with Gasteiger partial charge in [-0.25, -0.2) is 17.9 Å². The highest BCUT2D eigenvalue weighted by Crippen LogP contribution is 2.24. The van der Waals surface area contributed by atoms with Crippen LogP contribution < -0.4 is 4.72 Å². The van der Waals surface area contributed by atoms with Crippen LogP contribution in [0.1, 0.15) is 43.7 Å². The topological polar surface area (TPSA) is 72.2 Å². The zero-order valence-electron chi connectivity index (χ0n) is 15.8. The van der Waals surface area contributed by atoms with Crippen LogP contribution in [-0.4, -0.2) is 31.0 Å². The normalized spacial score (nSPS) is 21.6. The van der Waals surface area contributed by atoms with Gasteiger partial charge < -0.3 is 5.21 Å². The molecule has 1 N–H and O–H groups in total. The fourth-order valence-electron chi connectivity index (χ4n) is 3.57. The first-order chi connectivity index (χ1) is 12.9. The maximum absolute atomic E-state index is 13.0. The Bertz CT molecular complexity index is 906. The highest BCUT2D eigenvalue weighted by Gasteiger charge is 2.35. The van der Waals surface area contributed by atoms with Gasteiger partial charge in [0, 0.05) is 18.9 Å². The van der Waals surface area contributed by atoms with Crippen LogP contribution in [0.5, 0.6) is 0 Å². The summed E-state index contributed by atoms with van der Waals surface area (Å²) in [4.78, 5) is 0.235. The third-order valence-corrected chi connectivity index (χ3v) is 6.70. The summed E-state index contributed by atoms with van der Waals surface area (Å²) >= 11 is 0. The molecule has 0 amide bonds. The van der Waals surface area contributed by atoms with E-state index in [4.69, 9.17) is 0 Å². The van der Waals surface area contributed by atoms with Gasteiger partial charge in [0.15, 0.2) is 11.8 Å². The summed E-state index contributed by atoms with van der Waals surface area (Å²) in [7, 11) is -3.66. The van der Waals surface area contributed by atoms with Crippen LogP contribution in [0.25, 0.3) is 0 Å². The number of nitrogens with one attached hydrogen (secondary N) is 1. The zero-order chi connectivity index (χ0) is 19.4.